The number of imide groups is 2. The highest BCUT2D eigenvalue weighted by atomic mass is 79.9. The van der Waals surface area contributed by atoms with Crippen LogP contribution in [0, 0.1) is 5.82 Å². The van der Waals surface area contributed by atoms with Crippen LogP contribution in [0.1, 0.15) is 16.7 Å². The maximum Gasteiger partial charge on any atom is 0.335 e. The van der Waals surface area contributed by atoms with Gasteiger partial charge in [-0.05, 0) is 59.7 Å². The Balaban J connectivity index is 1.71. The molecule has 1 N–H and O–H groups in total. The second kappa shape index (κ2) is 9.79. The minimum Gasteiger partial charge on any atom is -0.496 e. The van der Waals surface area contributed by atoms with Crippen molar-refractivity contribution in [3.8, 4) is 5.75 Å². The molecule has 0 saturated carbocycles. The number of hydrogen-bond acceptors (Lipinski definition) is 4. The number of amides is 4. The van der Waals surface area contributed by atoms with Gasteiger partial charge in [0.15, 0.2) is 0 Å². The third-order valence-electron chi connectivity index (χ3n) is 5.22. The zero-order chi connectivity index (χ0) is 24.4. The topological polar surface area (TPSA) is 75.7 Å². The molecule has 3 aromatic rings. The highest BCUT2D eigenvalue weighted by Crippen LogP contribution is 2.33. The van der Waals surface area contributed by atoms with Gasteiger partial charge in [0.1, 0.15) is 17.1 Å². The van der Waals surface area contributed by atoms with Gasteiger partial charge in [0, 0.05) is 21.5 Å². The van der Waals surface area contributed by atoms with Crippen molar-refractivity contribution in [2.75, 3.05) is 12.0 Å². The number of carbonyl (C=O) groups is 3. The number of rotatable bonds is 5. The monoisotopic (exact) mass is 542 g/mol. The molecule has 3 aromatic carbocycles. The van der Waals surface area contributed by atoms with Crippen LogP contribution in [0.2, 0.25) is 5.02 Å². The fourth-order valence-electron chi connectivity index (χ4n) is 3.55. The normalized spacial score (nSPS) is 15.0. The van der Waals surface area contributed by atoms with E-state index >= 15 is 0 Å². The van der Waals surface area contributed by atoms with Gasteiger partial charge in [0.25, 0.3) is 11.8 Å². The van der Waals surface area contributed by atoms with Gasteiger partial charge in [0.05, 0.1) is 12.8 Å². The maximum atomic E-state index is 14.2. The van der Waals surface area contributed by atoms with Crippen molar-refractivity contribution in [1.29, 1.82) is 0 Å². The van der Waals surface area contributed by atoms with Gasteiger partial charge in [0.2, 0.25) is 0 Å². The SMILES string of the molecule is COc1cc(/C=C2\C(=O)NC(=O)N(c3ccc(Cl)cc3)C2=O)cc(Br)c1Cc1ccccc1F. The van der Waals surface area contributed by atoms with Crippen molar-refractivity contribution in [3.05, 3.63) is 98.2 Å². The van der Waals surface area contributed by atoms with Gasteiger partial charge in [-0.25, -0.2) is 14.1 Å². The number of nitrogens with zero attached hydrogens (tertiary/aromatic N) is 1. The number of benzene rings is 3. The van der Waals surface area contributed by atoms with E-state index in [0.717, 1.165) is 4.90 Å². The Kier molecular flexibility index (Phi) is 6.81. The Morgan fingerprint density at radius 3 is 2.47 bits per heavy atom. The van der Waals surface area contributed by atoms with Crippen LogP contribution >= 0.6 is 27.5 Å². The number of nitrogens with one attached hydrogen (secondary N) is 1. The van der Waals surface area contributed by atoms with E-state index in [1.807, 2.05) is 0 Å². The maximum absolute atomic E-state index is 14.2. The van der Waals surface area contributed by atoms with E-state index in [4.69, 9.17) is 16.3 Å². The van der Waals surface area contributed by atoms with E-state index in [0.29, 0.717) is 31.9 Å². The summed E-state index contributed by atoms with van der Waals surface area (Å²) >= 11 is 9.38. The molecule has 9 heteroatoms. The van der Waals surface area contributed by atoms with E-state index in [2.05, 4.69) is 21.2 Å². The molecule has 1 aliphatic heterocycles. The summed E-state index contributed by atoms with van der Waals surface area (Å²) in [5, 5.41) is 2.62. The Hall–Kier alpha value is -3.49. The molecule has 0 aromatic heterocycles. The molecule has 0 spiro atoms. The molecule has 6 nitrogen and oxygen atoms in total. The van der Waals surface area contributed by atoms with Crippen molar-refractivity contribution in [3.63, 3.8) is 0 Å². The first-order valence-corrected chi connectivity index (χ1v) is 11.2. The van der Waals surface area contributed by atoms with E-state index < -0.39 is 17.8 Å². The molecular weight excluding hydrogens is 527 g/mol. The number of carbonyl (C=O) groups excluding carboxylic acids is 3. The molecule has 0 unspecified atom stereocenters. The van der Waals surface area contributed by atoms with Crippen LogP contribution in [0.4, 0.5) is 14.9 Å². The molecule has 4 amide bonds. The van der Waals surface area contributed by atoms with Crippen molar-refractivity contribution < 1.29 is 23.5 Å². The van der Waals surface area contributed by atoms with Crippen molar-refractivity contribution in [1.82, 2.24) is 5.32 Å². The molecule has 4 rings (SSSR count). The first-order valence-electron chi connectivity index (χ1n) is 10.1. The predicted molar refractivity (Wildman–Crippen MR) is 130 cm³/mol. The molecule has 172 valence electrons. The predicted octanol–water partition coefficient (Wildman–Crippen LogP) is 5.51. The van der Waals surface area contributed by atoms with E-state index in [9.17, 15) is 18.8 Å². The lowest BCUT2D eigenvalue weighted by Gasteiger charge is -2.26. The van der Waals surface area contributed by atoms with E-state index in [1.165, 1.54) is 43.5 Å². The number of methoxy groups -OCH3 is 1. The Labute approximate surface area is 208 Å². The van der Waals surface area contributed by atoms with Crippen LogP contribution in [0.25, 0.3) is 6.08 Å². The molecule has 1 saturated heterocycles. The van der Waals surface area contributed by atoms with E-state index in [-0.39, 0.29) is 23.5 Å². The van der Waals surface area contributed by atoms with Crippen molar-refractivity contribution in [2.24, 2.45) is 0 Å². The highest BCUT2D eigenvalue weighted by molar-refractivity contribution is 9.10. The summed E-state index contributed by atoms with van der Waals surface area (Å²) in [5.41, 5.74) is 1.71. The minimum absolute atomic E-state index is 0.231. The molecule has 0 aliphatic carbocycles. The van der Waals surface area contributed by atoms with Crippen LogP contribution in [-0.2, 0) is 16.0 Å². The molecule has 0 bridgehead atoms. The number of hydrogen-bond donors (Lipinski definition) is 1. The number of anilines is 1. The minimum atomic E-state index is -0.853. The van der Waals surface area contributed by atoms with E-state index in [1.54, 1.807) is 30.3 Å². The lowest BCUT2D eigenvalue weighted by atomic mass is 10.00. The van der Waals surface area contributed by atoms with Gasteiger partial charge in [-0.3, -0.25) is 14.9 Å². The van der Waals surface area contributed by atoms with Crippen molar-refractivity contribution in [2.45, 2.75) is 6.42 Å². The van der Waals surface area contributed by atoms with Gasteiger partial charge in [-0.2, -0.15) is 0 Å². The summed E-state index contributed by atoms with van der Waals surface area (Å²) in [5.74, 6) is -1.48. The van der Waals surface area contributed by atoms with Gasteiger partial charge < -0.3 is 4.74 Å². The average Bonchev–Trinajstić information content (AvgIpc) is 2.80. The van der Waals surface area contributed by atoms with Gasteiger partial charge in [-0.1, -0.05) is 45.7 Å². The lowest BCUT2D eigenvalue weighted by Crippen LogP contribution is -2.54. The van der Waals surface area contributed by atoms with Crippen LogP contribution in [0.3, 0.4) is 0 Å². The molecule has 34 heavy (non-hydrogen) atoms. The molecule has 1 fully saturated rings. The smallest absolute Gasteiger partial charge is 0.335 e. The second-order valence-electron chi connectivity index (χ2n) is 7.39. The van der Waals surface area contributed by atoms with Gasteiger partial charge >= 0.3 is 6.03 Å². The summed E-state index contributed by atoms with van der Waals surface area (Å²) in [6.45, 7) is 0. The fourth-order valence-corrected chi connectivity index (χ4v) is 4.28. The summed E-state index contributed by atoms with van der Waals surface area (Å²) in [4.78, 5) is 38.8. The summed E-state index contributed by atoms with van der Waals surface area (Å²) in [6.07, 6.45) is 1.64. The van der Waals surface area contributed by atoms with Crippen LogP contribution in [0.5, 0.6) is 5.75 Å². The number of urea groups is 1. The molecule has 0 atom stereocenters. The summed E-state index contributed by atoms with van der Waals surface area (Å²) in [7, 11) is 1.48. The number of halogens is 3. The summed E-state index contributed by atoms with van der Waals surface area (Å²) < 4.78 is 20.3. The molecule has 1 heterocycles. The van der Waals surface area contributed by atoms with Gasteiger partial charge in [-0.15, -0.1) is 0 Å². The summed E-state index contributed by atoms with van der Waals surface area (Å²) in [6, 6.07) is 15.0. The number of ether oxygens (including phenoxy) is 1. The van der Waals surface area contributed by atoms with Crippen LogP contribution < -0.4 is 15.0 Å². The second-order valence-corrected chi connectivity index (χ2v) is 8.68. The Bertz CT molecular complexity index is 1340. The number of barbiturate groups is 1. The zero-order valence-electron chi connectivity index (χ0n) is 17.8. The Morgan fingerprint density at radius 1 is 1.09 bits per heavy atom. The Morgan fingerprint density at radius 2 is 1.79 bits per heavy atom. The fraction of sp³-hybridized carbons (Fsp3) is 0.0800. The zero-order valence-corrected chi connectivity index (χ0v) is 20.1. The quantitative estimate of drug-likeness (QED) is 0.340. The van der Waals surface area contributed by atoms with Crippen molar-refractivity contribution >= 4 is 57.1 Å². The first-order chi connectivity index (χ1) is 16.3. The third kappa shape index (κ3) is 4.73. The van der Waals surface area contributed by atoms with Crippen LogP contribution in [0.15, 0.2) is 70.7 Å². The molecule has 0 radical (unpaired) electrons. The third-order valence-corrected chi connectivity index (χ3v) is 6.18. The van der Waals surface area contributed by atoms with Crippen LogP contribution in [-0.4, -0.2) is 25.0 Å². The molecule has 1 aliphatic rings. The standard InChI is InChI=1S/C25H17BrClFN2O4/c1-34-22-12-14(11-20(26)18(22)13-15-4-2-3-5-21(15)28)10-19-23(31)29-25(33)30(24(19)32)17-8-6-16(27)7-9-17/h2-12H,13H2,1H3,(H,29,31,33)/b19-10+. The average molecular weight is 544 g/mol. The lowest BCUT2D eigenvalue weighted by molar-refractivity contribution is -0.122. The molecular formula is C25H17BrClFN2O4. The largest absolute Gasteiger partial charge is 0.496 e. The first kappa shape index (κ1) is 23.7. The highest BCUT2D eigenvalue weighted by Gasteiger charge is 2.36.